The lowest BCUT2D eigenvalue weighted by Crippen LogP contribution is -2.43. The number of piperidine rings is 1. The van der Waals surface area contributed by atoms with E-state index in [2.05, 4.69) is 28.2 Å². The van der Waals surface area contributed by atoms with Gasteiger partial charge in [0.2, 0.25) is 0 Å². The van der Waals surface area contributed by atoms with Crippen LogP contribution in [-0.2, 0) is 4.74 Å². The Kier molecular flexibility index (Phi) is 7.72. The molecular formula is C20H27N5O. The highest BCUT2D eigenvalue weighted by Crippen LogP contribution is 2.18. The Labute approximate surface area is 156 Å². The number of rotatable bonds is 5. The van der Waals surface area contributed by atoms with Gasteiger partial charge in [-0.2, -0.15) is 0 Å². The van der Waals surface area contributed by atoms with Crippen LogP contribution in [0.4, 0.5) is 0 Å². The van der Waals surface area contributed by atoms with Crippen LogP contribution in [0.25, 0.3) is 0 Å². The largest absolute Gasteiger partial charge is 0.475 e. The van der Waals surface area contributed by atoms with Crippen molar-refractivity contribution in [1.82, 2.24) is 15.8 Å². The van der Waals surface area contributed by atoms with Gasteiger partial charge in [0.25, 0.3) is 5.90 Å². The first kappa shape index (κ1) is 19.5. The molecule has 1 fully saturated rings. The highest BCUT2D eigenvalue weighted by atomic mass is 16.5. The van der Waals surface area contributed by atoms with E-state index in [-0.39, 0.29) is 5.90 Å². The highest BCUT2D eigenvalue weighted by molar-refractivity contribution is 5.94. The number of hydrazine groups is 1. The summed E-state index contributed by atoms with van der Waals surface area (Å²) in [6.07, 6.45) is 17.6. The van der Waals surface area contributed by atoms with Crippen LogP contribution in [0.5, 0.6) is 0 Å². The van der Waals surface area contributed by atoms with Gasteiger partial charge in [-0.3, -0.25) is 15.4 Å². The van der Waals surface area contributed by atoms with E-state index in [0.29, 0.717) is 12.5 Å². The van der Waals surface area contributed by atoms with Gasteiger partial charge in [-0.25, -0.2) is 4.99 Å². The molecule has 0 aromatic heterocycles. The van der Waals surface area contributed by atoms with E-state index < -0.39 is 0 Å². The van der Waals surface area contributed by atoms with Gasteiger partial charge >= 0.3 is 0 Å². The van der Waals surface area contributed by atoms with Gasteiger partial charge in [-0.15, -0.1) is 6.42 Å². The standard InChI is InChI=1S/C20H27N5O/c1-5-18(8-7-13-22-20(6-2)26-4)25-16(3)9-10-19(24-25)23-17-11-14-21-15-12-17/h2,5,7,9-10,13,17,21H,3,8,11-12,14-15H2,1,4H3,(H,23,24)/b13-7-,18-5-,22-20?. The smallest absolute Gasteiger partial charge is 0.267 e. The maximum Gasteiger partial charge on any atom is 0.267 e. The Bertz CT molecular complexity index is 687. The Hall–Kier alpha value is -2.78. The Balaban J connectivity index is 2.03. The van der Waals surface area contributed by atoms with Gasteiger partial charge in [-0.05, 0) is 50.9 Å². The fourth-order valence-electron chi connectivity index (χ4n) is 2.71. The summed E-state index contributed by atoms with van der Waals surface area (Å²) in [5.74, 6) is 3.48. The van der Waals surface area contributed by atoms with E-state index in [4.69, 9.17) is 16.2 Å². The molecule has 0 bridgehead atoms. The average molecular weight is 353 g/mol. The van der Waals surface area contributed by atoms with Gasteiger partial charge in [0.15, 0.2) is 0 Å². The number of nitrogens with zero attached hydrogens (tertiary/aromatic N) is 3. The number of terminal acetylenes is 1. The number of amidine groups is 1. The first-order valence-corrected chi connectivity index (χ1v) is 8.78. The van der Waals surface area contributed by atoms with E-state index >= 15 is 0 Å². The molecule has 0 spiro atoms. The van der Waals surface area contributed by atoms with Gasteiger partial charge in [0.05, 0.1) is 18.8 Å². The molecule has 6 nitrogen and oxygen atoms in total. The molecular weight excluding hydrogens is 326 g/mol. The van der Waals surface area contributed by atoms with E-state index in [1.807, 2.05) is 36.2 Å². The molecule has 26 heavy (non-hydrogen) atoms. The van der Waals surface area contributed by atoms with E-state index in [1.54, 1.807) is 6.20 Å². The maximum atomic E-state index is 5.27. The van der Waals surface area contributed by atoms with Crippen molar-refractivity contribution in [3.05, 3.63) is 48.5 Å². The molecule has 2 aliphatic heterocycles. The van der Waals surface area contributed by atoms with Crippen LogP contribution >= 0.6 is 0 Å². The van der Waals surface area contributed by atoms with Crippen LogP contribution in [0.3, 0.4) is 0 Å². The van der Waals surface area contributed by atoms with Crippen molar-refractivity contribution < 1.29 is 4.74 Å². The summed E-state index contributed by atoms with van der Waals surface area (Å²) in [7, 11) is 1.50. The number of aliphatic imine (C=N–C) groups is 2. The van der Waals surface area contributed by atoms with Crippen molar-refractivity contribution in [3.8, 4) is 12.3 Å². The third-order valence-electron chi connectivity index (χ3n) is 4.14. The van der Waals surface area contributed by atoms with Crippen molar-refractivity contribution >= 4 is 11.7 Å². The van der Waals surface area contributed by atoms with E-state index in [1.165, 1.54) is 7.11 Å². The summed E-state index contributed by atoms with van der Waals surface area (Å²) in [5, 5.41) is 5.31. The molecule has 0 atom stereocenters. The quantitative estimate of drug-likeness (QED) is 0.453. The average Bonchev–Trinajstić information content (AvgIpc) is 2.68. The molecule has 0 aromatic carbocycles. The molecule has 0 aliphatic carbocycles. The summed E-state index contributed by atoms with van der Waals surface area (Å²) in [5.41, 5.74) is 5.26. The van der Waals surface area contributed by atoms with Crippen molar-refractivity contribution in [3.63, 3.8) is 0 Å². The normalized spacial score (nSPS) is 21.2. The number of hydrogen-bond acceptors (Lipinski definition) is 5. The van der Waals surface area contributed by atoms with E-state index in [0.717, 1.165) is 43.2 Å². The van der Waals surface area contributed by atoms with Crippen molar-refractivity contribution in [1.29, 1.82) is 0 Å². The SMILES string of the molecule is C#CC(=N/C=C\C/C(=C/C)N1NC(=NC2CCNCC2)C=CC1=C)OC. The number of hydrogen-bond donors (Lipinski definition) is 2. The van der Waals surface area contributed by atoms with Crippen LogP contribution in [0.2, 0.25) is 0 Å². The van der Waals surface area contributed by atoms with Gasteiger partial charge < -0.3 is 10.1 Å². The first-order valence-electron chi connectivity index (χ1n) is 8.78. The Morgan fingerprint density at radius 1 is 1.46 bits per heavy atom. The lowest BCUT2D eigenvalue weighted by atomic mass is 10.1. The molecule has 138 valence electrons. The van der Waals surface area contributed by atoms with Crippen LogP contribution in [0.15, 0.2) is 58.5 Å². The summed E-state index contributed by atoms with van der Waals surface area (Å²) < 4.78 is 4.93. The molecule has 0 aromatic rings. The lowest BCUT2D eigenvalue weighted by molar-refractivity contribution is 0.378. The lowest BCUT2D eigenvalue weighted by Gasteiger charge is -2.32. The third kappa shape index (κ3) is 5.64. The summed E-state index contributed by atoms with van der Waals surface area (Å²) in [6.45, 7) is 8.14. The molecule has 0 saturated carbocycles. The van der Waals surface area contributed by atoms with Gasteiger partial charge in [-0.1, -0.05) is 18.7 Å². The van der Waals surface area contributed by atoms with Crippen molar-refractivity contribution in [2.45, 2.75) is 32.2 Å². The van der Waals surface area contributed by atoms with E-state index in [9.17, 15) is 0 Å². The molecule has 2 aliphatic rings. The third-order valence-corrected chi connectivity index (χ3v) is 4.14. The van der Waals surface area contributed by atoms with Gasteiger partial charge in [0, 0.05) is 18.3 Å². The number of allylic oxidation sites excluding steroid dienone is 3. The minimum absolute atomic E-state index is 0.253. The number of methoxy groups -OCH3 is 1. The predicted octanol–water partition coefficient (Wildman–Crippen LogP) is 2.51. The molecule has 1 saturated heterocycles. The molecule has 0 radical (unpaired) electrons. The second-order valence-corrected chi connectivity index (χ2v) is 5.92. The minimum Gasteiger partial charge on any atom is -0.475 e. The van der Waals surface area contributed by atoms with Crippen molar-refractivity contribution in [2.24, 2.45) is 9.98 Å². The highest BCUT2D eigenvalue weighted by Gasteiger charge is 2.18. The molecule has 6 heteroatoms. The topological polar surface area (TPSA) is 61.2 Å². The number of ether oxygens (including phenoxy) is 1. The zero-order valence-corrected chi connectivity index (χ0v) is 15.5. The fourth-order valence-corrected chi connectivity index (χ4v) is 2.71. The summed E-state index contributed by atoms with van der Waals surface area (Å²) >= 11 is 0. The van der Waals surface area contributed by atoms with Crippen LogP contribution < -0.4 is 10.7 Å². The predicted molar refractivity (Wildman–Crippen MR) is 107 cm³/mol. The summed E-state index contributed by atoms with van der Waals surface area (Å²) in [4.78, 5) is 8.90. The molecule has 0 amide bonds. The Morgan fingerprint density at radius 2 is 2.23 bits per heavy atom. The second kappa shape index (κ2) is 10.3. The van der Waals surface area contributed by atoms with Crippen LogP contribution in [-0.4, -0.2) is 43.0 Å². The second-order valence-electron chi connectivity index (χ2n) is 5.92. The van der Waals surface area contributed by atoms with Crippen molar-refractivity contribution in [2.75, 3.05) is 20.2 Å². The maximum absolute atomic E-state index is 5.27. The monoisotopic (exact) mass is 353 g/mol. The van der Waals surface area contributed by atoms with Crippen LogP contribution in [0, 0.1) is 12.3 Å². The molecule has 0 unspecified atom stereocenters. The minimum atomic E-state index is 0.253. The zero-order valence-electron chi connectivity index (χ0n) is 15.5. The fraction of sp³-hybridized carbons (Fsp3) is 0.400. The molecule has 2 N–H and O–H groups in total. The molecule has 2 heterocycles. The first-order chi connectivity index (χ1) is 12.7. The van der Waals surface area contributed by atoms with Crippen LogP contribution in [0.1, 0.15) is 26.2 Å². The summed E-state index contributed by atoms with van der Waals surface area (Å²) in [6, 6.07) is 0.358. The zero-order chi connectivity index (χ0) is 18.8. The molecule has 2 rings (SSSR count). The number of nitrogens with one attached hydrogen (secondary N) is 2. The Morgan fingerprint density at radius 3 is 2.88 bits per heavy atom. The van der Waals surface area contributed by atoms with Gasteiger partial charge in [0.1, 0.15) is 5.84 Å².